The third-order valence-corrected chi connectivity index (χ3v) is 3.62. The molecule has 14 heavy (non-hydrogen) atoms. The van der Waals surface area contributed by atoms with Crippen LogP contribution in [0.4, 0.5) is 0 Å². The maximum Gasteiger partial charge on any atom is 0.211 e. The topological polar surface area (TPSA) is 66.8 Å². The number of ether oxygens (including phenoxy) is 1. The summed E-state index contributed by atoms with van der Waals surface area (Å²) in [7, 11) is -3.04. The smallest absolute Gasteiger partial charge is 0.211 e. The molecule has 0 radical (unpaired) electrons. The predicted molar refractivity (Wildman–Crippen MR) is 52.5 cm³/mol. The number of sulfonamides is 1. The highest BCUT2D eigenvalue weighted by atomic mass is 32.2. The molecule has 1 heterocycles. The highest BCUT2D eigenvalue weighted by Crippen LogP contribution is 2.15. The van der Waals surface area contributed by atoms with E-state index in [0.717, 1.165) is 0 Å². The van der Waals surface area contributed by atoms with Gasteiger partial charge in [-0.05, 0) is 12.8 Å². The molecule has 1 fully saturated rings. The molecule has 1 aliphatic rings. The van der Waals surface area contributed by atoms with Crippen LogP contribution in [0, 0.1) is 0 Å². The lowest BCUT2D eigenvalue weighted by Gasteiger charge is -2.29. The van der Waals surface area contributed by atoms with Gasteiger partial charge in [0.2, 0.25) is 10.0 Å². The van der Waals surface area contributed by atoms with Gasteiger partial charge in [0.05, 0.1) is 25.6 Å². The number of rotatable bonds is 4. The van der Waals surface area contributed by atoms with E-state index in [2.05, 4.69) is 0 Å². The molecule has 0 saturated carbocycles. The third kappa shape index (κ3) is 3.53. The first-order valence-electron chi connectivity index (χ1n) is 4.71. The van der Waals surface area contributed by atoms with Crippen LogP contribution in [0.25, 0.3) is 0 Å². The third-order valence-electron chi connectivity index (χ3n) is 2.31. The summed E-state index contributed by atoms with van der Waals surface area (Å²) in [6, 6.07) is 0. The Kier molecular flexibility index (Phi) is 4.31. The first-order chi connectivity index (χ1) is 6.54. The normalized spacial score (nSPS) is 21.3. The molecule has 84 valence electrons. The van der Waals surface area contributed by atoms with Crippen molar-refractivity contribution in [2.24, 2.45) is 0 Å². The van der Waals surface area contributed by atoms with Gasteiger partial charge in [0, 0.05) is 13.1 Å². The van der Waals surface area contributed by atoms with E-state index in [0.29, 0.717) is 32.5 Å². The highest BCUT2D eigenvalue weighted by Gasteiger charge is 2.24. The molecule has 1 rings (SSSR count). The number of hydrogen-bond donors (Lipinski definition) is 1. The number of hydrogen-bond acceptors (Lipinski definition) is 4. The summed E-state index contributed by atoms with van der Waals surface area (Å²) in [4.78, 5) is 0. The molecule has 0 amide bonds. The molecule has 0 spiro atoms. The zero-order valence-electron chi connectivity index (χ0n) is 8.35. The summed E-state index contributed by atoms with van der Waals surface area (Å²) in [6.45, 7) is 1.40. The minimum atomic E-state index is -3.04. The molecular formula is C8H17NO4S. The second kappa shape index (κ2) is 5.06. The number of nitrogens with zero attached hydrogens (tertiary/aromatic N) is 1. The molecule has 0 bridgehead atoms. The van der Waals surface area contributed by atoms with E-state index >= 15 is 0 Å². The van der Waals surface area contributed by atoms with E-state index in [1.54, 1.807) is 0 Å². The lowest BCUT2D eigenvalue weighted by Crippen LogP contribution is -2.40. The molecular weight excluding hydrogens is 206 g/mol. The van der Waals surface area contributed by atoms with Gasteiger partial charge in [-0.3, -0.25) is 0 Å². The summed E-state index contributed by atoms with van der Waals surface area (Å²) < 4.78 is 29.1. The zero-order valence-corrected chi connectivity index (χ0v) is 9.16. The Morgan fingerprint density at radius 2 is 2.00 bits per heavy atom. The number of aliphatic hydroxyl groups is 1. The van der Waals surface area contributed by atoms with Gasteiger partial charge >= 0.3 is 0 Å². The van der Waals surface area contributed by atoms with Crippen molar-refractivity contribution in [1.29, 1.82) is 0 Å². The van der Waals surface area contributed by atoms with Crippen LogP contribution in [0.5, 0.6) is 0 Å². The van der Waals surface area contributed by atoms with Gasteiger partial charge in [-0.25, -0.2) is 12.7 Å². The van der Waals surface area contributed by atoms with Crippen LogP contribution in [-0.4, -0.2) is 56.5 Å². The van der Waals surface area contributed by atoms with Crippen LogP contribution in [0.1, 0.15) is 12.8 Å². The molecule has 1 aliphatic heterocycles. The molecule has 0 aliphatic carbocycles. The first kappa shape index (κ1) is 11.9. The van der Waals surface area contributed by atoms with E-state index in [9.17, 15) is 8.42 Å². The quantitative estimate of drug-likeness (QED) is 0.692. The van der Waals surface area contributed by atoms with Crippen molar-refractivity contribution in [3.05, 3.63) is 0 Å². The molecule has 1 saturated heterocycles. The molecule has 0 aromatic rings. The number of piperidine rings is 1. The SMILES string of the molecule is CS(=O)(=O)N1CCC(OCCO)CC1. The van der Waals surface area contributed by atoms with Gasteiger partial charge in [-0.15, -0.1) is 0 Å². The van der Waals surface area contributed by atoms with Crippen LogP contribution >= 0.6 is 0 Å². The van der Waals surface area contributed by atoms with Gasteiger partial charge in [-0.2, -0.15) is 0 Å². The zero-order chi connectivity index (χ0) is 10.6. The lowest BCUT2D eigenvalue weighted by atomic mass is 10.1. The van der Waals surface area contributed by atoms with Crippen LogP contribution in [0.2, 0.25) is 0 Å². The van der Waals surface area contributed by atoms with Crippen molar-refractivity contribution in [2.45, 2.75) is 18.9 Å². The van der Waals surface area contributed by atoms with Crippen LogP contribution < -0.4 is 0 Å². The largest absolute Gasteiger partial charge is 0.394 e. The number of aliphatic hydroxyl groups excluding tert-OH is 1. The van der Waals surface area contributed by atoms with Crippen molar-refractivity contribution >= 4 is 10.0 Å². The average Bonchev–Trinajstić information content (AvgIpc) is 2.14. The summed E-state index contributed by atoms with van der Waals surface area (Å²) in [5.41, 5.74) is 0. The summed E-state index contributed by atoms with van der Waals surface area (Å²) in [5.74, 6) is 0. The Bertz CT molecular complexity index is 257. The van der Waals surface area contributed by atoms with Crippen molar-refractivity contribution in [1.82, 2.24) is 4.31 Å². The fourth-order valence-corrected chi connectivity index (χ4v) is 2.42. The van der Waals surface area contributed by atoms with Crippen LogP contribution in [0.15, 0.2) is 0 Å². The van der Waals surface area contributed by atoms with E-state index in [1.807, 2.05) is 0 Å². The Balaban J connectivity index is 2.31. The second-order valence-electron chi connectivity index (χ2n) is 3.46. The standard InChI is InChI=1S/C8H17NO4S/c1-14(11,12)9-4-2-8(3-5-9)13-7-6-10/h8,10H,2-7H2,1H3. The molecule has 1 N–H and O–H groups in total. The molecule has 0 unspecified atom stereocenters. The van der Waals surface area contributed by atoms with Crippen molar-refractivity contribution < 1.29 is 18.3 Å². The maximum atomic E-state index is 11.2. The summed E-state index contributed by atoms with van der Waals surface area (Å²) in [5, 5.41) is 8.55. The average molecular weight is 223 g/mol. The molecule has 0 aromatic heterocycles. The minimum Gasteiger partial charge on any atom is -0.394 e. The van der Waals surface area contributed by atoms with E-state index in [4.69, 9.17) is 9.84 Å². The maximum absolute atomic E-state index is 11.2. The molecule has 0 aromatic carbocycles. The van der Waals surface area contributed by atoms with Crippen LogP contribution in [0.3, 0.4) is 0 Å². The second-order valence-corrected chi connectivity index (χ2v) is 5.44. The van der Waals surface area contributed by atoms with Gasteiger partial charge in [0.15, 0.2) is 0 Å². The monoisotopic (exact) mass is 223 g/mol. The molecule has 5 nitrogen and oxygen atoms in total. The predicted octanol–water partition coefficient (Wildman–Crippen LogP) is -0.581. The van der Waals surface area contributed by atoms with Crippen molar-refractivity contribution in [3.8, 4) is 0 Å². The van der Waals surface area contributed by atoms with Gasteiger partial charge in [0.25, 0.3) is 0 Å². The Hall–Kier alpha value is -0.170. The summed E-state index contributed by atoms with van der Waals surface area (Å²) in [6.07, 6.45) is 2.75. The highest BCUT2D eigenvalue weighted by molar-refractivity contribution is 7.88. The lowest BCUT2D eigenvalue weighted by molar-refractivity contribution is 0.00326. The van der Waals surface area contributed by atoms with E-state index in [1.165, 1.54) is 10.6 Å². The fraction of sp³-hybridized carbons (Fsp3) is 1.00. The van der Waals surface area contributed by atoms with Crippen molar-refractivity contribution in [3.63, 3.8) is 0 Å². The Labute approximate surface area is 84.7 Å². The summed E-state index contributed by atoms with van der Waals surface area (Å²) >= 11 is 0. The fourth-order valence-electron chi connectivity index (χ4n) is 1.55. The Morgan fingerprint density at radius 1 is 1.43 bits per heavy atom. The van der Waals surface area contributed by atoms with E-state index < -0.39 is 10.0 Å². The van der Waals surface area contributed by atoms with Crippen molar-refractivity contribution in [2.75, 3.05) is 32.6 Å². The van der Waals surface area contributed by atoms with Gasteiger partial charge in [0.1, 0.15) is 0 Å². The van der Waals surface area contributed by atoms with Gasteiger partial charge in [-0.1, -0.05) is 0 Å². The molecule has 0 atom stereocenters. The molecule has 6 heteroatoms. The Morgan fingerprint density at radius 3 is 2.43 bits per heavy atom. The minimum absolute atomic E-state index is 0.0201. The first-order valence-corrected chi connectivity index (χ1v) is 6.56. The van der Waals surface area contributed by atoms with E-state index in [-0.39, 0.29) is 12.7 Å². The van der Waals surface area contributed by atoms with Crippen LogP contribution in [-0.2, 0) is 14.8 Å². The van der Waals surface area contributed by atoms with Gasteiger partial charge < -0.3 is 9.84 Å².